The molecule has 0 bridgehead atoms. The summed E-state index contributed by atoms with van der Waals surface area (Å²) < 4.78 is 12.4. The van der Waals surface area contributed by atoms with E-state index in [2.05, 4.69) is 10.3 Å². The molecule has 0 unspecified atom stereocenters. The van der Waals surface area contributed by atoms with E-state index in [0.717, 1.165) is 15.8 Å². The Balaban J connectivity index is 1.70. The van der Waals surface area contributed by atoms with Crippen LogP contribution in [0, 0.1) is 0 Å². The predicted molar refractivity (Wildman–Crippen MR) is 105 cm³/mol. The van der Waals surface area contributed by atoms with Crippen molar-refractivity contribution in [1.82, 2.24) is 9.55 Å². The number of methoxy groups -OCH3 is 1. The first-order valence-corrected chi connectivity index (χ1v) is 9.28. The molecule has 0 aliphatic rings. The van der Waals surface area contributed by atoms with Crippen LogP contribution in [0.25, 0.3) is 10.9 Å². The van der Waals surface area contributed by atoms with E-state index < -0.39 is 5.97 Å². The first-order chi connectivity index (χ1) is 12.9. The van der Waals surface area contributed by atoms with Gasteiger partial charge in [0.15, 0.2) is 17.4 Å². The molecule has 0 aliphatic carbocycles. The maximum absolute atomic E-state index is 12.3. The van der Waals surface area contributed by atoms with Gasteiger partial charge < -0.3 is 14.0 Å². The van der Waals surface area contributed by atoms with Gasteiger partial charge in [0.2, 0.25) is 0 Å². The number of rotatable bonds is 6. The standard InChI is InChI=1S/C19H21N3O4S/c1-11(2)17-16(18(24)25-4)21-19(27-17)20-15(23)10-26-14-7-5-6-13-12(14)8-9-22(13)3/h5-9,11H,10H2,1-4H3,(H,20,21,23). The molecule has 1 aromatic carbocycles. The third-order valence-electron chi connectivity index (χ3n) is 4.05. The summed E-state index contributed by atoms with van der Waals surface area (Å²) in [6.45, 7) is 3.75. The fraction of sp³-hybridized carbons (Fsp3) is 0.316. The molecule has 142 valence electrons. The molecule has 2 heterocycles. The fourth-order valence-electron chi connectivity index (χ4n) is 2.72. The number of anilines is 1. The van der Waals surface area contributed by atoms with Crippen molar-refractivity contribution in [2.75, 3.05) is 19.0 Å². The number of nitrogens with one attached hydrogen (secondary N) is 1. The molecule has 0 radical (unpaired) electrons. The van der Waals surface area contributed by atoms with Gasteiger partial charge >= 0.3 is 5.97 Å². The first-order valence-electron chi connectivity index (χ1n) is 8.46. The minimum atomic E-state index is -0.512. The van der Waals surface area contributed by atoms with Crippen LogP contribution in [-0.4, -0.2) is 35.1 Å². The van der Waals surface area contributed by atoms with Crippen LogP contribution in [0.15, 0.2) is 30.5 Å². The van der Waals surface area contributed by atoms with E-state index in [1.54, 1.807) is 0 Å². The lowest BCUT2D eigenvalue weighted by Gasteiger charge is -2.07. The van der Waals surface area contributed by atoms with E-state index in [9.17, 15) is 9.59 Å². The first kappa shape index (κ1) is 18.9. The maximum Gasteiger partial charge on any atom is 0.357 e. The molecule has 0 saturated carbocycles. The Bertz CT molecular complexity index is 990. The molecule has 0 saturated heterocycles. The Labute approximate surface area is 160 Å². The third-order valence-corrected chi connectivity index (χ3v) is 5.32. The number of benzene rings is 1. The van der Waals surface area contributed by atoms with Crippen LogP contribution in [-0.2, 0) is 16.6 Å². The lowest BCUT2D eigenvalue weighted by atomic mass is 10.1. The van der Waals surface area contributed by atoms with Crippen LogP contribution in [0.3, 0.4) is 0 Å². The van der Waals surface area contributed by atoms with Gasteiger partial charge in [-0.1, -0.05) is 19.9 Å². The topological polar surface area (TPSA) is 82.4 Å². The summed E-state index contributed by atoms with van der Waals surface area (Å²) >= 11 is 1.26. The van der Waals surface area contributed by atoms with Crippen molar-refractivity contribution < 1.29 is 19.1 Å². The minimum absolute atomic E-state index is 0.0918. The van der Waals surface area contributed by atoms with Gasteiger partial charge in [-0.2, -0.15) is 0 Å². The summed E-state index contributed by atoms with van der Waals surface area (Å²) in [5.41, 5.74) is 1.26. The average molecular weight is 387 g/mol. The molecule has 1 N–H and O–H groups in total. The van der Waals surface area contributed by atoms with Crippen LogP contribution < -0.4 is 10.1 Å². The van der Waals surface area contributed by atoms with Crippen LogP contribution >= 0.6 is 11.3 Å². The van der Waals surface area contributed by atoms with E-state index in [-0.39, 0.29) is 24.1 Å². The number of aryl methyl sites for hydroxylation is 1. The van der Waals surface area contributed by atoms with E-state index >= 15 is 0 Å². The number of fused-ring (bicyclic) bond motifs is 1. The molecule has 3 rings (SSSR count). The second-order valence-electron chi connectivity index (χ2n) is 6.33. The highest BCUT2D eigenvalue weighted by Gasteiger charge is 2.22. The lowest BCUT2D eigenvalue weighted by molar-refractivity contribution is -0.118. The number of ether oxygens (including phenoxy) is 2. The molecule has 27 heavy (non-hydrogen) atoms. The Morgan fingerprint density at radius 3 is 2.78 bits per heavy atom. The van der Waals surface area contributed by atoms with Gasteiger partial charge in [0.05, 0.1) is 12.6 Å². The zero-order valence-corrected chi connectivity index (χ0v) is 16.4. The molecular formula is C19H21N3O4S. The summed E-state index contributed by atoms with van der Waals surface area (Å²) in [4.78, 5) is 29.1. The van der Waals surface area contributed by atoms with Crippen LogP contribution in [0.5, 0.6) is 5.75 Å². The van der Waals surface area contributed by atoms with Crippen LogP contribution in [0.2, 0.25) is 0 Å². The molecule has 0 fully saturated rings. The number of hydrogen-bond donors (Lipinski definition) is 1. The van der Waals surface area contributed by atoms with Crippen LogP contribution in [0.1, 0.15) is 35.1 Å². The second kappa shape index (κ2) is 7.79. The molecule has 3 aromatic rings. The summed E-state index contributed by atoms with van der Waals surface area (Å²) in [5.74, 6) is -0.124. The average Bonchev–Trinajstić information content (AvgIpc) is 3.24. The zero-order chi connectivity index (χ0) is 19.6. The Morgan fingerprint density at radius 1 is 1.30 bits per heavy atom. The quantitative estimate of drug-likeness (QED) is 0.654. The zero-order valence-electron chi connectivity index (χ0n) is 15.6. The Hall–Kier alpha value is -2.87. The number of hydrogen-bond acceptors (Lipinski definition) is 6. The number of carbonyl (C=O) groups excluding carboxylic acids is 2. The van der Waals surface area contributed by atoms with Gasteiger partial charge in [-0.05, 0) is 24.1 Å². The molecular weight excluding hydrogens is 366 g/mol. The maximum atomic E-state index is 12.3. The number of aromatic nitrogens is 2. The van der Waals surface area contributed by atoms with Crippen molar-refractivity contribution in [1.29, 1.82) is 0 Å². The lowest BCUT2D eigenvalue weighted by Crippen LogP contribution is -2.20. The molecule has 1 amide bonds. The highest BCUT2D eigenvalue weighted by Crippen LogP contribution is 2.30. The summed E-state index contributed by atoms with van der Waals surface area (Å²) in [6, 6.07) is 7.64. The normalized spacial score (nSPS) is 11.0. The van der Waals surface area contributed by atoms with Crippen molar-refractivity contribution in [2.45, 2.75) is 19.8 Å². The molecule has 0 atom stereocenters. The number of esters is 1. The van der Waals surface area contributed by atoms with Crippen molar-refractivity contribution in [3.05, 3.63) is 41.0 Å². The molecule has 7 nitrogen and oxygen atoms in total. The Morgan fingerprint density at radius 2 is 2.07 bits per heavy atom. The Kier molecular flexibility index (Phi) is 5.46. The number of thiazole rings is 1. The van der Waals surface area contributed by atoms with Gasteiger partial charge in [-0.25, -0.2) is 9.78 Å². The number of nitrogens with zero attached hydrogens (tertiary/aromatic N) is 2. The van der Waals surface area contributed by atoms with E-state index in [0.29, 0.717) is 10.9 Å². The highest BCUT2D eigenvalue weighted by atomic mass is 32.1. The van der Waals surface area contributed by atoms with Gasteiger partial charge in [0.1, 0.15) is 5.75 Å². The summed E-state index contributed by atoms with van der Waals surface area (Å²) in [7, 11) is 3.26. The van der Waals surface area contributed by atoms with Crippen molar-refractivity contribution in [3.8, 4) is 5.75 Å². The van der Waals surface area contributed by atoms with E-state index in [1.807, 2.05) is 55.9 Å². The van der Waals surface area contributed by atoms with Crippen molar-refractivity contribution >= 4 is 39.2 Å². The summed E-state index contributed by atoms with van der Waals surface area (Å²) in [5, 5.41) is 3.98. The molecule has 8 heteroatoms. The monoisotopic (exact) mass is 387 g/mol. The van der Waals surface area contributed by atoms with Gasteiger partial charge in [0, 0.05) is 23.5 Å². The van der Waals surface area contributed by atoms with Crippen LogP contribution in [0.4, 0.5) is 5.13 Å². The van der Waals surface area contributed by atoms with Gasteiger partial charge in [-0.3, -0.25) is 10.1 Å². The molecule has 0 aliphatic heterocycles. The van der Waals surface area contributed by atoms with Crippen molar-refractivity contribution in [2.24, 2.45) is 7.05 Å². The number of carbonyl (C=O) groups is 2. The van der Waals surface area contributed by atoms with Gasteiger partial charge in [-0.15, -0.1) is 11.3 Å². The highest BCUT2D eigenvalue weighted by molar-refractivity contribution is 7.16. The molecule has 2 aromatic heterocycles. The fourth-order valence-corrected chi connectivity index (χ4v) is 3.69. The predicted octanol–water partition coefficient (Wildman–Crippen LogP) is 3.56. The largest absolute Gasteiger partial charge is 0.483 e. The van der Waals surface area contributed by atoms with E-state index in [4.69, 9.17) is 9.47 Å². The smallest absolute Gasteiger partial charge is 0.357 e. The number of amides is 1. The van der Waals surface area contributed by atoms with E-state index in [1.165, 1.54) is 18.4 Å². The minimum Gasteiger partial charge on any atom is -0.483 e. The van der Waals surface area contributed by atoms with Crippen molar-refractivity contribution in [3.63, 3.8) is 0 Å². The van der Waals surface area contributed by atoms with Gasteiger partial charge in [0.25, 0.3) is 5.91 Å². The summed E-state index contributed by atoms with van der Waals surface area (Å²) in [6.07, 6.45) is 1.94. The third kappa shape index (κ3) is 3.95. The second-order valence-corrected chi connectivity index (χ2v) is 7.36. The molecule has 0 spiro atoms. The SMILES string of the molecule is COC(=O)c1nc(NC(=O)COc2cccc3c2ccn3C)sc1C(C)C.